The summed E-state index contributed by atoms with van der Waals surface area (Å²) in [6.45, 7) is 2.87. The Bertz CT molecular complexity index is 67.1. The largest absolute Gasteiger partial charge is 3.00 e. The zero-order valence-corrected chi connectivity index (χ0v) is 12.2. The zero-order valence-electron chi connectivity index (χ0n) is 9.12. The predicted molar refractivity (Wildman–Crippen MR) is 51.8 cm³/mol. The van der Waals surface area contributed by atoms with Gasteiger partial charge in [-0.1, -0.05) is 58.3 Å². The van der Waals surface area contributed by atoms with E-state index in [4.69, 9.17) is 5.73 Å². The van der Waals surface area contributed by atoms with E-state index in [0.29, 0.717) is 6.54 Å². The van der Waals surface area contributed by atoms with Crippen LogP contribution in [0, 0.1) is 0 Å². The van der Waals surface area contributed by atoms with Gasteiger partial charge in [-0.25, -0.2) is 0 Å². The Morgan fingerprint density at radius 3 is 1.43 bits per heavy atom. The van der Waals surface area contributed by atoms with Gasteiger partial charge in [-0.3, -0.25) is 0 Å². The van der Waals surface area contributed by atoms with Gasteiger partial charge in [-0.2, -0.15) is 6.54 Å². The zero-order chi connectivity index (χ0) is 8.36. The molecule has 85 valence electrons. The molecule has 0 amide bonds. The third kappa shape index (κ3) is 23.2. The Labute approximate surface area is 117 Å². The standard InChI is InChI=1S/C10H22N.2ClH.Ti/c1-2-3-4-5-6-7-8-9-10-11;;;/h11H,2-10H2,1H3;2*1H;/q-1;;;+3/p-2. The molecular weight excluding hydrogens is 253 g/mol. The predicted octanol–water partition coefficient (Wildman–Crippen LogP) is -1.82. The van der Waals surface area contributed by atoms with Crippen LogP contribution in [0.3, 0.4) is 0 Å². The number of hydrogen-bond acceptors (Lipinski definition) is 0. The SMILES string of the molecule is CCCCCCCCCC[NH-].[Cl-].[Cl-].[Ti+3]. The summed E-state index contributed by atoms with van der Waals surface area (Å²) in [6, 6.07) is 0. The number of hydrogen-bond donors (Lipinski definition) is 0. The van der Waals surface area contributed by atoms with E-state index in [2.05, 4.69) is 6.92 Å². The molecule has 0 rings (SSSR count). The molecule has 14 heavy (non-hydrogen) atoms. The van der Waals surface area contributed by atoms with Crippen LogP contribution in [0.1, 0.15) is 58.3 Å². The molecule has 0 aromatic rings. The first-order valence-electron chi connectivity index (χ1n) is 5.06. The Morgan fingerprint density at radius 1 is 0.714 bits per heavy atom. The topological polar surface area (TPSA) is 23.8 Å². The first kappa shape index (κ1) is 24.5. The average molecular weight is 275 g/mol. The van der Waals surface area contributed by atoms with E-state index in [1.54, 1.807) is 0 Å². The van der Waals surface area contributed by atoms with Crippen molar-refractivity contribution in [3.8, 4) is 0 Å². The molecule has 0 saturated heterocycles. The fourth-order valence-electron chi connectivity index (χ4n) is 1.26. The summed E-state index contributed by atoms with van der Waals surface area (Å²) in [7, 11) is 0. The smallest absolute Gasteiger partial charge is 1.00 e. The second-order valence-corrected chi connectivity index (χ2v) is 3.22. The van der Waals surface area contributed by atoms with Crippen LogP contribution in [0.2, 0.25) is 0 Å². The van der Waals surface area contributed by atoms with Crippen LogP contribution in [0.15, 0.2) is 0 Å². The van der Waals surface area contributed by atoms with Crippen molar-refractivity contribution in [3.05, 3.63) is 5.73 Å². The van der Waals surface area contributed by atoms with Crippen molar-refractivity contribution >= 4 is 0 Å². The van der Waals surface area contributed by atoms with Gasteiger partial charge in [0, 0.05) is 0 Å². The minimum absolute atomic E-state index is 0. The number of halogens is 2. The summed E-state index contributed by atoms with van der Waals surface area (Å²) >= 11 is 0. The van der Waals surface area contributed by atoms with Crippen molar-refractivity contribution in [1.82, 2.24) is 0 Å². The third-order valence-corrected chi connectivity index (χ3v) is 2.03. The Kier molecular flexibility index (Phi) is 41.6. The van der Waals surface area contributed by atoms with Crippen LogP contribution in [-0.2, 0) is 21.7 Å². The Morgan fingerprint density at radius 2 is 1.07 bits per heavy atom. The van der Waals surface area contributed by atoms with Crippen molar-refractivity contribution < 1.29 is 46.5 Å². The second kappa shape index (κ2) is 23.8. The second-order valence-electron chi connectivity index (χ2n) is 3.22. The molecular formula is C10H22Cl2NTi. The van der Waals surface area contributed by atoms with Gasteiger partial charge in [0.25, 0.3) is 0 Å². The number of rotatable bonds is 8. The number of nitrogens with one attached hydrogen (secondary N) is 1. The maximum atomic E-state index is 6.95. The van der Waals surface area contributed by atoms with Crippen LogP contribution in [0.4, 0.5) is 0 Å². The minimum Gasteiger partial charge on any atom is -1.00 e. The third-order valence-electron chi connectivity index (χ3n) is 2.03. The summed E-state index contributed by atoms with van der Waals surface area (Å²) in [5.41, 5.74) is 6.95. The molecule has 1 N–H and O–H groups in total. The number of unbranched alkanes of at least 4 members (excludes halogenated alkanes) is 7. The molecule has 0 saturated carbocycles. The fraction of sp³-hybridized carbons (Fsp3) is 1.00. The van der Waals surface area contributed by atoms with Crippen molar-refractivity contribution in [2.45, 2.75) is 58.3 Å². The molecule has 0 aliphatic carbocycles. The molecule has 0 aliphatic rings. The molecule has 0 atom stereocenters. The van der Waals surface area contributed by atoms with Gasteiger partial charge in [0.2, 0.25) is 0 Å². The molecule has 0 bridgehead atoms. The summed E-state index contributed by atoms with van der Waals surface area (Å²) < 4.78 is 0. The van der Waals surface area contributed by atoms with Crippen molar-refractivity contribution in [2.75, 3.05) is 6.54 Å². The van der Waals surface area contributed by atoms with E-state index in [1.807, 2.05) is 0 Å². The van der Waals surface area contributed by atoms with E-state index < -0.39 is 0 Å². The molecule has 0 unspecified atom stereocenters. The summed E-state index contributed by atoms with van der Waals surface area (Å²) in [5.74, 6) is 0. The van der Waals surface area contributed by atoms with Gasteiger partial charge in [-0.05, 0) is 0 Å². The Hall–Kier alpha value is 1.25. The first-order valence-corrected chi connectivity index (χ1v) is 5.06. The molecule has 0 fully saturated rings. The van der Waals surface area contributed by atoms with Crippen LogP contribution in [0.5, 0.6) is 0 Å². The molecule has 0 aromatic heterocycles. The normalized spacial score (nSPS) is 8.14. The summed E-state index contributed by atoms with van der Waals surface area (Å²) in [5, 5.41) is 0. The maximum absolute atomic E-state index is 6.95. The van der Waals surface area contributed by atoms with Gasteiger partial charge in [-0.15, -0.1) is 0 Å². The van der Waals surface area contributed by atoms with Gasteiger partial charge in [0.1, 0.15) is 0 Å². The van der Waals surface area contributed by atoms with Crippen LogP contribution < -0.4 is 24.8 Å². The minimum atomic E-state index is 0. The van der Waals surface area contributed by atoms with Gasteiger partial charge in [0.15, 0.2) is 0 Å². The summed E-state index contributed by atoms with van der Waals surface area (Å²) in [4.78, 5) is 0. The van der Waals surface area contributed by atoms with Crippen LogP contribution in [0.25, 0.3) is 5.73 Å². The van der Waals surface area contributed by atoms with Crippen LogP contribution >= 0.6 is 0 Å². The fourth-order valence-corrected chi connectivity index (χ4v) is 1.26. The summed E-state index contributed by atoms with van der Waals surface area (Å²) in [6.07, 6.45) is 10.7. The van der Waals surface area contributed by atoms with Gasteiger partial charge in [0.05, 0.1) is 0 Å². The molecule has 4 heteroatoms. The van der Waals surface area contributed by atoms with Gasteiger partial charge < -0.3 is 30.5 Å². The quantitative estimate of drug-likeness (QED) is 0.368. The molecule has 0 heterocycles. The van der Waals surface area contributed by atoms with Crippen LogP contribution in [-0.4, -0.2) is 6.54 Å². The maximum Gasteiger partial charge on any atom is 3.00 e. The van der Waals surface area contributed by atoms with Crippen molar-refractivity contribution in [3.63, 3.8) is 0 Å². The van der Waals surface area contributed by atoms with E-state index in [0.717, 1.165) is 6.42 Å². The van der Waals surface area contributed by atoms with Gasteiger partial charge >= 0.3 is 21.7 Å². The average Bonchev–Trinajstić information content (AvgIpc) is 2.03. The monoisotopic (exact) mass is 274 g/mol. The molecule has 0 aliphatic heterocycles. The van der Waals surface area contributed by atoms with Crippen molar-refractivity contribution in [2.24, 2.45) is 0 Å². The van der Waals surface area contributed by atoms with E-state index >= 15 is 0 Å². The van der Waals surface area contributed by atoms with E-state index in [-0.39, 0.29) is 46.5 Å². The van der Waals surface area contributed by atoms with E-state index in [1.165, 1.54) is 44.9 Å². The van der Waals surface area contributed by atoms with E-state index in [9.17, 15) is 0 Å². The molecule has 0 spiro atoms. The Balaban J connectivity index is -0.000000167. The van der Waals surface area contributed by atoms with Crippen molar-refractivity contribution in [1.29, 1.82) is 0 Å². The molecule has 0 aromatic carbocycles. The molecule has 1 nitrogen and oxygen atoms in total. The first-order chi connectivity index (χ1) is 5.41. The molecule has 1 radical (unpaired) electrons.